The van der Waals surface area contributed by atoms with Gasteiger partial charge in [0.1, 0.15) is 17.1 Å². The molecule has 5 rings (SSSR count). The Labute approximate surface area is 198 Å². The standard InChI is InChI=1S/C23H23N5O3S2/c1-13-19(28-10-11-32-23(28)25-13)21(29)24-12-16-8-9-27(16)22(30)18-20(33-14(2)26-18)15-4-6-17(31-3)7-5-15/h4-7,10-11,16H,8-9,12H2,1-3H3,(H,24,29)/t16-/m1/s1. The van der Waals surface area contributed by atoms with Gasteiger partial charge in [-0.2, -0.15) is 0 Å². The predicted octanol–water partition coefficient (Wildman–Crippen LogP) is 3.79. The maximum atomic E-state index is 13.4. The summed E-state index contributed by atoms with van der Waals surface area (Å²) in [6.07, 6.45) is 2.69. The number of benzene rings is 1. The zero-order chi connectivity index (χ0) is 23.1. The number of hydrogen-bond donors (Lipinski definition) is 1. The highest BCUT2D eigenvalue weighted by Crippen LogP contribution is 2.33. The number of aromatic nitrogens is 3. The van der Waals surface area contributed by atoms with Crippen molar-refractivity contribution in [3.63, 3.8) is 0 Å². The SMILES string of the molecule is COc1ccc(-c2sc(C)nc2C(=O)N2CC[C@@H]2CNC(=O)c2c(C)nc3sccn23)cc1. The number of likely N-dealkylation sites (tertiary alicyclic amines) is 1. The number of methoxy groups -OCH3 is 1. The van der Waals surface area contributed by atoms with Crippen LogP contribution in [0.1, 0.15) is 38.1 Å². The van der Waals surface area contributed by atoms with Crippen molar-refractivity contribution in [3.05, 3.63) is 57.9 Å². The average molecular weight is 482 g/mol. The molecule has 4 heterocycles. The molecule has 170 valence electrons. The summed E-state index contributed by atoms with van der Waals surface area (Å²) < 4.78 is 7.04. The zero-order valence-corrected chi connectivity index (χ0v) is 20.1. The molecule has 2 amide bonds. The minimum absolute atomic E-state index is 0.0571. The Balaban J connectivity index is 1.30. The molecule has 1 fully saturated rings. The summed E-state index contributed by atoms with van der Waals surface area (Å²) in [5, 5.41) is 5.73. The maximum Gasteiger partial charge on any atom is 0.274 e. The first-order valence-corrected chi connectivity index (χ1v) is 12.3. The molecule has 8 nitrogen and oxygen atoms in total. The van der Waals surface area contributed by atoms with Crippen LogP contribution in [0, 0.1) is 13.8 Å². The summed E-state index contributed by atoms with van der Waals surface area (Å²) in [6, 6.07) is 7.58. The largest absolute Gasteiger partial charge is 0.497 e. The van der Waals surface area contributed by atoms with Gasteiger partial charge in [0.15, 0.2) is 4.96 Å². The molecule has 1 aliphatic heterocycles. The van der Waals surface area contributed by atoms with Crippen molar-refractivity contribution in [2.45, 2.75) is 26.3 Å². The molecule has 1 atom stereocenters. The van der Waals surface area contributed by atoms with Crippen LogP contribution in [0.4, 0.5) is 0 Å². The Morgan fingerprint density at radius 3 is 2.70 bits per heavy atom. The lowest BCUT2D eigenvalue weighted by molar-refractivity contribution is 0.0451. The lowest BCUT2D eigenvalue weighted by Crippen LogP contribution is -2.56. The molecule has 10 heteroatoms. The van der Waals surface area contributed by atoms with E-state index in [1.807, 2.05) is 49.7 Å². The molecule has 0 saturated carbocycles. The first-order chi connectivity index (χ1) is 16.0. The van der Waals surface area contributed by atoms with E-state index in [0.29, 0.717) is 30.2 Å². The Kier molecular flexibility index (Phi) is 5.63. The van der Waals surface area contributed by atoms with Crippen LogP contribution in [0.25, 0.3) is 15.4 Å². The number of aryl methyl sites for hydroxylation is 2. The molecule has 1 saturated heterocycles. The summed E-state index contributed by atoms with van der Waals surface area (Å²) >= 11 is 3.00. The second-order valence-electron chi connectivity index (χ2n) is 7.89. The highest BCUT2D eigenvalue weighted by Gasteiger charge is 2.35. The van der Waals surface area contributed by atoms with Crippen LogP contribution in [-0.4, -0.2) is 57.3 Å². The number of hydrogen-bond acceptors (Lipinski definition) is 7. The highest BCUT2D eigenvalue weighted by molar-refractivity contribution is 7.15. The molecule has 0 unspecified atom stereocenters. The maximum absolute atomic E-state index is 13.4. The Morgan fingerprint density at radius 1 is 1.21 bits per heavy atom. The fourth-order valence-corrected chi connectivity index (χ4v) is 5.70. The van der Waals surface area contributed by atoms with Gasteiger partial charge >= 0.3 is 0 Å². The number of nitrogens with one attached hydrogen (secondary N) is 1. The van der Waals surface area contributed by atoms with Gasteiger partial charge in [0.05, 0.1) is 28.7 Å². The van der Waals surface area contributed by atoms with Gasteiger partial charge in [0, 0.05) is 24.7 Å². The molecule has 0 bridgehead atoms. The fourth-order valence-electron chi connectivity index (χ4n) is 4.03. The third-order valence-electron chi connectivity index (χ3n) is 5.84. The molecule has 4 aromatic rings. The first-order valence-electron chi connectivity index (χ1n) is 10.6. The van der Waals surface area contributed by atoms with E-state index in [9.17, 15) is 9.59 Å². The zero-order valence-electron chi connectivity index (χ0n) is 18.5. The fraction of sp³-hybridized carbons (Fsp3) is 0.304. The van der Waals surface area contributed by atoms with Crippen LogP contribution in [0.3, 0.4) is 0 Å². The van der Waals surface area contributed by atoms with E-state index in [1.54, 1.807) is 16.4 Å². The summed E-state index contributed by atoms with van der Waals surface area (Å²) in [5.74, 6) is 0.483. The Morgan fingerprint density at radius 2 is 2.00 bits per heavy atom. The summed E-state index contributed by atoms with van der Waals surface area (Å²) in [6.45, 7) is 4.78. The quantitative estimate of drug-likeness (QED) is 0.453. The van der Waals surface area contributed by atoms with Crippen molar-refractivity contribution in [2.75, 3.05) is 20.2 Å². The van der Waals surface area contributed by atoms with E-state index < -0.39 is 0 Å². The van der Waals surface area contributed by atoms with Crippen LogP contribution in [0.5, 0.6) is 5.75 Å². The minimum Gasteiger partial charge on any atom is -0.497 e. The molecule has 1 N–H and O–H groups in total. The number of thiazole rings is 2. The van der Waals surface area contributed by atoms with E-state index in [2.05, 4.69) is 15.3 Å². The third kappa shape index (κ3) is 3.89. The van der Waals surface area contributed by atoms with Gasteiger partial charge in [0.2, 0.25) is 0 Å². The smallest absolute Gasteiger partial charge is 0.274 e. The van der Waals surface area contributed by atoms with Crippen LogP contribution < -0.4 is 10.1 Å². The van der Waals surface area contributed by atoms with Crippen LogP contribution in [-0.2, 0) is 0 Å². The minimum atomic E-state index is -0.180. The number of ether oxygens (including phenoxy) is 1. The van der Waals surface area contributed by atoms with Crippen LogP contribution in [0.15, 0.2) is 35.8 Å². The van der Waals surface area contributed by atoms with E-state index in [-0.39, 0.29) is 17.9 Å². The highest BCUT2D eigenvalue weighted by atomic mass is 32.1. The van der Waals surface area contributed by atoms with Gasteiger partial charge in [0.25, 0.3) is 11.8 Å². The molecule has 0 spiro atoms. The van der Waals surface area contributed by atoms with Crippen molar-refractivity contribution in [1.29, 1.82) is 0 Å². The Hall–Kier alpha value is -3.24. The van der Waals surface area contributed by atoms with Gasteiger partial charge in [-0.3, -0.25) is 14.0 Å². The van der Waals surface area contributed by atoms with Gasteiger partial charge in [-0.1, -0.05) is 0 Å². The van der Waals surface area contributed by atoms with Crippen molar-refractivity contribution >= 4 is 39.4 Å². The molecule has 0 aliphatic carbocycles. The number of nitrogens with zero attached hydrogens (tertiary/aromatic N) is 4. The van der Waals surface area contributed by atoms with Crippen molar-refractivity contribution < 1.29 is 14.3 Å². The predicted molar refractivity (Wildman–Crippen MR) is 128 cm³/mol. The monoisotopic (exact) mass is 481 g/mol. The number of imidazole rings is 1. The first kappa shape index (κ1) is 21.6. The number of carbonyl (C=O) groups excluding carboxylic acids is 2. The second kappa shape index (κ2) is 8.60. The van der Waals surface area contributed by atoms with Crippen LogP contribution >= 0.6 is 22.7 Å². The third-order valence-corrected chi connectivity index (χ3v) is 7.62. The van der Waals surface area contributed by atoms with Crippen molar-refractivity contribution in [3.8, 4) is 16.2 Å². The summed E-state index contributed by atoms with van der Waals surface area (Å²) in [4.78, 5) is 38.6. The lowest BCUT2D eigenvalue weighted by Gasteiger charge is -2.40. The number of carbonyl (C=O) groups is 2. The van der Waals surface area contributed by atoms with E-state index in [4.69, 9.17) is 4.74 Å². The molecule has 1 aliphatic rings. The van der Waals surface area contributed by atoms with Gasteiger partial charge in [-0.15, -0.1) is 22.7 Å². The van der Waals surface area contributed by atoms with Gasteiger partial charge < -0.3 is 15.0 Å². The van der Waals surface area contributed by atoms with Crippen LogP contribution in [0.2, 0.25) is 0 Å². The normalized spacial score (nSPS) is 15.5. The van der Waals surface area contributed by atoms with Crippen molar-refractivity contribution in [1.82, 2.24) is 24.6 Å². The van der Waals surface area contributed by atoms with E-state index in [1.165, 1.54) is 22.7 Å². The lowest BCUT2D eigenvalue weighted by atomic mass is 10.0. The summed E-state index contributed by atoms with van der Waals surface area (Å²) in [5.41, 5.74) is 2.64. The van der Waals surface area contributed by atoms with Gasteiger partial charge in [-0.05, 0) is 50.1 Å². The molecule has 1 aromatic carbocycles. The molecule has 0 radical (unpaired) electrons. The number of fused-ring (bicyclic) bond motifs is 1. The molecular weight excluding hydrogens is 458 g/mol. The topological polar surface area (TPSA) is 88.8 Å². The van der Waals surface area contributed by atoms with E-state index >= 15 is 0 Å². The molecular formula is C23H23N5O3S2. The van der Waals surface area contributed by atoms with Crippen molar-refractivity contribution in [2.24, 2.45) is 0 Å². The molecule has 3 aromatic heterocycles. The Bertz CT molecular complexity index is 1340. The number of amides is 2. The van der Waals surface area contributed by atoms with E-state index in [0.717, 1.165) is 32.6 Å². The summed E-state index contributed by atoms with van der Waals surface area (Å²) in [7, 11) is 1.63. The second-order valence-corrected chi connectivity index (χ2v) is 9.97. The number of rotatable bonds is 6. The molecule has 33 heavy (non-hydrogen) atoms. The average Bonchev–Trinajstić information content (AvgIpc) is 3.47. The van der Waals surface area contributed by atoms with Gasteiger partial charge in [-0.25, -0.2) is 9.97 Å².